The van der Waals surface area contributed by atoms with Crippen molar-refractivity contribution >= 4 is 0 Å². The number of hydrogen-bond acceptors (Lipinski definition) is 2. The van der Waals surface area contributed by atoms with Crippen LogP contribution in [-0.4, -0.2) is 14.9 Å². The Balaban J connectivity index is 2.58. The number of benzene rings is 1. The van der Waals surface area contributed by atoms with Crippen LogP contribution >= 0.6 is 0 Å². The van der Waals surface area contributed by atoms with E-state index in [1.165, 1.54) is 12.1 Å². The summed E-state index contributed by atoms with van der Waals surface area (Å²) in [5.74, 6) is -0.554. The van der Waals surface area contributed by atoms with Crippen LogP contribution in [0, 0.1) is 5.82 Å². The summed E-state index contributed by atoms with van der Waals surface area (Å²) >= 11 is 0. The number of aliphatic hydroxyl groups is 1. The van der Waals surface area contributed by atoms with Crippen LogP contribution < -0.4 is 0 Å². The first-order valence-corrected chi connectivity index (χ1v) is 4.94. The average Bonchev–Trinajstić information content (AvgIpc) is 2.73. The van der Waals surface area contributed by atoms with Crippen LogP contribution in [0.5, 0.6) is 0 Å². The molecule has 3 nitrogen and oxygen atoms in total. The van der Waals surface area contributed by atoms with Gasteiger partial charge in [-0.25, -0.2) is 9.07 Å². The molecule has 0 radical (unpaired) electrons. The third kappa shape index (κ3) is 2.21. The second-order valence-electron chi connectivity index (χ2n) is 3.56. The third-order valence-corrected chi connectivity index (χ3v) is 2.36. The summed E-state index contributed by atoms with van der Waals surface area (Å²) < 4.78 is 51.9. The van der Waals surface area contributed by atoms with Crippen molar-refractivity contribution in [2.24, 2.45) is 0 Å². The molecular weight excluding hydrogens is 252 g/mol. The van der Waals surface area contributed by atoms with E-state index in [9.17, 15) is 17.6 Å². The number of hydrogen-bond donors (Lipinski definition) is 1. The van der Waals surface area contributed by atoms with E-state index < -0.39 is 24.3 Å². The van der Waals surface area contributed by atoms with Crippen molar-refractivity contribution in [1.82, 2.24) is 9.78 Å². The Labute approximate surface area is 99.3 Å². The van der Waals surface area contributed by atoms with E-state index >= 15 is 0 Å². The molecule has 2 aromatic rings. The lowest BCUT2D eigenvalue weighted by atomic mass is 10.2. The smallest absolute Gasteiger partial charge is 0.392 e. The fourth-order valence-electron chi connectivity index (χ4n) is 1.58. The summed E-state index contributed by atoms with van der Waals surface area (Å²) in [6, 6.07) is 4.43. The van der Waals surface area contributed by atoms with Crippen molar-refractivity contribution in [3.8, 4) is 5.69 Å². The van der Waals surface area contributed by atoms with Gasteiger partial charge in [0.15, 0.2) is 5.69 Å². The van der Waals surface area contributed by atoms with Gasteiger partial charge in [-0.1, -0.05) is 0 Å². The zero-order valence-electron chi connectivity index (χ0n) is 8.95. The monoisotopic (exact) mass is 260 g/mol. The Morgan fingerprint density at radius 1 is 1.17 bits per heavy atom. The van der Waals surface area contributed by atoms with E-state index in [0.717, 1.165) is 18.3 Å². The second kappa shape index (κ2) is 4.41. The Hall–Kier alpha value is -1.89. The molecule has 0 bridgehead atoms. The number of aromatic nitrogens is 2. The zero-order chi connectivity index (χ0) is 13.3. The molecule has 18 heavy (non-hydrogen) atoms. The SMILES string of the molecule is OCc1cnn(-c2ccc(F)cc2)c1C(F)(F)F. The van der Waals surface area contributed by atoms with Crippen molar-refractivity contribution < 1.29 is 22.7 Å². The van der Waals surface area contributed by atoms with Gasteiger partial charge in [0.25, 0.3) is 0 Å². The zero-order valence-corrected chi connectivity index (χ0v) is 8.95. The number of aliphatic hydroxyl groups excluding tert-OH is 1. The first-order chi connectivity index (χ1) is 8.43. The lowest BCUT2D eigenvalue weighted by molar-refractivity contribution is -0.143. The number of rotatable bonds is 2. The second-order valence-corrected chi connectivity index (χ2v) is 3.56. The molecule has 0 saturated heterocycles. The van der Waals surface area contributed by atoms with Crippen LogP contribution in [0.1, 0.15) is 11.3 Å². The molecule has 1 N–H and O–H groups in total. The molecule has 0 saturated carbocycles. The van der Waals surface area contributed by atoms with Gasteiger partial charge in [-0.2, -0.15) is 18.3 Å². The molecule has 0 amide bonds. The van der Waals surface area contributed by atoms with E-state index in [4.69, 9.17) is 5.11 Å². The van der Waals surface area contributed by atoms with Crippen LogP contribution in [0.15, 0.2) is 30.5 Å². The average molecular weight is 260 g/mol. The maximum atomic E-state index is 12.8. The molecule has 1 aromatic heterocycles. The van der Waals surface area contributed by atoms with Crippen LogP contribution in [0.2, 0.25) is 0 Å². The van der Waals surface area contributed by atoms with E-state index in [2.05, 4.69) is 5.10 Å². The highest BCUT2D eigenvalue weighted by Crippen LogP contribution is 2.33. The quantitative estimate of drug-likeness (QED) is 0.842. The summed E-state index contributed by atoms with van der Waals surface area (Å²) in [7, 11) is 0. The van der Waals surface area contributed by atoms with Gasteiger partial charge in [0.05, 0.1) is 18.5 Å². The maximum Gasteiger partial charge on any atom is 0.433 e. The molecule has 0 aliphatic rings. The van der Waals surface area contributed by atoms with Gasteiger partial charge in [-0.05, 0) is 24.3 Å². The standard InChI is InChI=1S/C11H8F4N2O/c12-8-1-3-9(4-2-8)17-10(11(13,14)15)7(6-18)5-16-17/h1-5,18H,6H2. The Bertz CT molecular complexity index is 545. The number of alkyl halides is 3. The summed E-state index contributed by atoms with van der Waals surface area (Å²) in [5, 5.41) is 12.4. The van der Waals surface area contributed by atoms with Gasteiger partial charge >= 0.3 is 6.18 Å². The van der Waals surface area contributed by atoms with E-state index in [1.807, 2.05) is 0 Å². The highest BCUT2D eigenvalue weighted by atomic mass is 19.4. The van der Waals surface area contributed by atoms with Crippen LogP contribution in [-0.2, 0) is 12.8 Å². The van der Waals surface area contributed by atoms with Crippen LogP contribution in [0.25, 0.3) is 5.69 Å². The normalized spacial score (nSPS) is 11.8. The van der Waals surface area contributed by atoms with Gasteiger partial charge in [0.1, 0.15) is 5.82 Å². The van der Waals surface area contributed by atoms with E-state index in [-0.39, 0.29) is 11.3 Å². The number of halogens is 4. The van der Waals surface area contributed by atoms with Gasteiger partial charge in [0.2, 0.25) is 0 Å². The van der Waals surface area contributed by atoms with E-state index in [0.29, 0.717) is 4.68 Å². The molecule has 96 valence electrons. The van der Waals surface area contributed by atoms with E-state index in [1.54, 1.807) is 0 Å². The van der Waals surface area contributed by atoms with Crippen molar-refractivity contribution in [2.75, 3.05) is 0 Å². The largest absolute Gasteiger partial charge is 0.433 e. The van der Waals surface area contributed by atoms with Crippen molar-refractivity contribution in [2.45, 2.75) is 12.8 Å². The fourth-order valence-corrected chi connectivity index (χ4v) is 1.58. The molecular formula is C11H8F4N2O. The molecule has 7 heteroatoms. The lowest BCUT2D eigenvalue weighted by Gasteiger charge is -2.11. The maximum absolute atomic E-state index is 12.8. The topological polar surface area (TPSA) is 38.1 Å². The van der Waals surface area contributed by atoms with Crippen LogP contribution in [0.4, 0.5) is 17.6 Å². The van der Waals surface area contributed by atoms with Crippen molar-refractivity contribution in [1.29, 1.82) is 0 Å². The predicted octanol–water partition coefficient (Wildman–Crippen LogP) is 2.52. The summed E-state index contributed by atoms with van der Waals surface area (Å²) in [5.41, 5.74) is -1.31. The van der Waals surface area contributed by atoms with Crippen molar-refractivity contribution in [3.63, 3.8) is 0 Å². The molecule has 1 heterocycles. The molecule has 0 aliphatic heterocycles. The molecule has 0 spiro atoms. The summed E-state index contributed by atoms with van der Waals surface area (Å²) in [4.78, 5) is 0. The predicted molar refractivity (Wildman–Crippen MR) is 54.4 cm³/mol. The van der Waals surface area contributed by atoms with Crippen molar-refractivity contribution in [3.05, 3.63) is 47.5 Å². The lowest BCUT2D eigenvalue weighted by Crippen LogP contribution is -2.15. The Kier molecular flexibility index (Phi) is 3.08. The highest BCUT2D eigenvalue weighted by molar-refractivity contribution is 5.36. The molecule has 1 aromatic carbocycles. The minimum absolute atomic E-state index is 0.0726. The molecule has 0 aliphatic carbocycles. The van der Waals surface area contributed by atoms with Gasteiger partial charge in [-0.15, -0.1) is 0 Å². The minimum Gasteiger partial charge on any atom is -0.392 e. The highest BCUT2D eigenvalue weighted by Gasteiger charge is 2.38. The molecule has 0 atom stereocenters. The molecule has 0 fully saturated rings. The summed E-state index contributed by atoms with van der Waals surface area (Å²) in [6.45, 7) is -0.768. The molecule has 0 unspecified atom stereocenters. The van der Waals surface area contributed by atoms with Gasteiger partial charge in [-0.3, -0.25) is 0 Å². The Morgan fingerprint density at radius 3 is 2.28 bits per heavy atom. The Morgan fingerprint density at radius 2 is 1.78 bits per heavy atom. The van der Waals surface area contributed by atoms with Gasteiger partial charge in [0, 0.05) is 5.56 Å². The summed E-state index contributed by atoms with van der Waals surface area (Å²) in [6.07, 6.45) is -3.71. The minimum atomic E-state index is -4.65. The first kappa shape index (κ1) is 12.6. The third-order valence-electron chi connectivity index (χ3n) is 2.36. The fraction of sp³-hybridized carbons (Fsp3) is 0.182. The van der Waals surface area contributed by atoms with Gasteiger partial charge < -0.3 is 5.11 Å². The van der Waals surface area contributed by atoms with Crippen LogP contribution in [0.3, 0.4) is 0 Å². The number of nitrogens with zero attached hydrogens (tertiary/aromatic N) is 2. The molecule has 2 rings (SSSR count). The first-order valence-electron chi connectivity index (χ1n) is 4.94.